The van der Waals surface area contributed by atoms with E-state index in [1.807, 2.05) is 0 Å². The highest BCUT2D eigenvalue weighted by atomic mass is 16.1. The van der Waals surface area contributed by atoms with E-state index in [0.717, 1.165) is 36.6 Å². The molecule has 4 unspecified atom stereocenters. The molecule has 0 aliphatic heterocycles. The fourth-order valence-corrected chi connectivity index (χ4v) is 4.64. The van der Waals surface area contributed by atoms with Crippen LogP contribution in [0, 0.1) is 23.7 Å². The number of hydrogen-bond donors (Lipinski definition) is 1. The van der Waals surface area contributed by atoms with Crippen molar-refractivity contribution in [3.63, 3.8) is 0 Å². The molecular formula is C15H21N3O. The van der Waals surface area contributed by atoms with Gasteiger partial charge in [-0.2, -0.15) is 0 Å². The predicted octanol–water partition coefficient (Wildman–Crippen LogP) is 2.11. The van der Waals surface area contributed by atoms with Crippen molar-refractivity contribution in [3.05, 3.63) is 22.7 Å². The van der Waals surface area contributed by atoms with Gasteiger partial charge in [0.05, 0.1) is 0 Å². The highest BCUT2D eigenvalue weighted by Gasteiger charge is 2.65. The van der Waals surface area contributed by atoms with Crippen molar-refractivity contribution in [1.29, 1.82) is 0 Å². The molecule has 2 bridgehead atoms. The van der Waals surface area contributed by atoms with Crippen molar-refractivity contribution >= 4 is 5.82 Å². The highest BCUT2D eigenvalue weighted by molar-refractivity contribution is 5.38. The highest BCUT2D eigenvalue weighted by Crippen LogP contribution is 2.66. The van der Waals surface area contributed by atoms with Gasteiger partial charge in [-0.15, -0.1) is 0 Å². The zero-order valence-corrected chi connectivity index (χ0v) is 11.4. The molecule has 1 heterocycles. The Bertz CT molecular complexity index is 537. The van der Waals surface area contributed by atoms with Gasteiger partial charge in [0.2, 0.25) is 0 Å². The molecule has 3 aliphatic carbocycles. The lowest BCUT2D eigenvalue weighted by molar-refractivity contribution is 0.456. The fourth-order valence-electron chi connectivity index (χ4n) is 4.64. The van der Waals surface area contributed by atoms with Gasteiger partial charge in [0.15, 0.2) is 5.82 Å². The smallest absolute Gasteiger partial charge is 0.293 e. The van der Waals surface area contributed by atoms with Gasteiger partial charge in [-0.3, -0.25) is 4.79 Å². The van der Waals surface area contributed by atoms with E-state index in [0.29, 0.717) is 11.9 Å². The Morgan fingerprint density at radius 2 is 2.11 bits per heavy atom. The maximum atomic E-state index is 12.3. The van der Waals surface area contributed by atoms with Gasteiger partial charge in [-0.25, -0.2) is 4.98 Å². The first kappa shape index (κ1) is 11.5. The van der Waals surface area contributed by atoms with Gasteiger partial charge in [-0.1, -0.05) is 6.92 Å². The summed E-state index contributed by atoms with van der Waals surface area (Å²) in [7, 11) is 0. The molecule has 0 radical (unpaired) electrons. The number of fused-ring (bicyclic) bond motifs is 5. The minimum atomic E-state index is 0.0432. The molecule has 3 saturated carbocycles. The molecule has 1 aromatic rings. The summed E-state index contributed by atoms with van der Waals surface area (Å²) in [6, 6.07) is 0.531. The van der Waals surface area contributed by atoms with Crippen LogP contribution in [0.1, 0.15) is 32.6 Å². The third-order valence-corrected chi connectivity index (χ3v) is 5.42. The lowest BCUT2D eigenvalue weighted by Gasteiger charge is -2.11. The topological polar surface area (TPSA) is 46.9 Å². The van der Waals surface area contributed by atoms with Crippen LogP contribution in [0.2, 0.25) is 0 Å². The van der Waals surface area contributed by atoms with E-state index in [1.54, 1.807) is 17.0 Å². The first-order chi connectivity index (χ1) is 9.29. The van der Waals surface area contributed by atoms with Crippen molar-refractivity contribution in [2.45, 2.75) is 45.2 Å². The molecular weight excluding hydrogens is 238 g/mol. The molecule has 0 amide bonds. The Labute approximate surface area is 113 Å². The maximum absolute atomic E-state index is 12.3. The van der Waals surface area contributed by atoms with Crippen LogP contribution < -0.4 is 10.9 Å². The third kappa shape index (κ3) is 1.65. The summed E-state index contributed by atoms with van der Waals surface area (Å²) in [5.41, 5.74) is 0.0432. The summed E-state index contributed by atoms with van der Waals surface area (Å²) in [6.07, 6.45) is 8.76. The first-order valence-electron chi connectivity index (χ1n) is 7.61. The van der Waals surface area contributed by atoms with Crippen LogP contribution in [-0.2, 0) is 6.54 Å². The van der Waals surface area contributed by atoms with Crippen molar-refractivity contribution < 1.29 is 0 Å². The molecule has 102 valence electrons. The van der Waals surface area contributed by atoms with E-state index in [1.165, 1.54) is 19.3 Å². The van der Waals surface area contributed by atoms with Gasteiger partial charge < -0.3 is 9.88 Å². The van der Waals surface area contributed by atoms with Crippen LogP contribution >= 0.6 is 0 Å². The zero-order valence-electron chi connectivity index (χ0n) is 11.4. The Morgan fingerprint density at radius 1 is 1.37 bits per heavy atom. The molecule has 19 heavy (non-hydrogen) atoms. The lowest BCUT2D eigenvalue weighted by atomic mass is 10.0. The van der Waals surface area contributed by atoms with Crippen LogP contribution in [-0.4, -0.2) is 15.6 Å². The molecule has 3 aliphatic rings. The van der Waals surface area contributed by atoms with Crippen molar-refractivity contribution in [3.8, 4) is 0 Å². The maximum Gasteiger partial charge on any atom is 0.293 e. The number of aryl methyl sites for hydroxylation is 1. The van der Waals surface area contributed by atoms with Crippen LogP contribution in [0.3, 0.4) is 0 Å². The van der Waals surface area contributed by atoms with Gasteiger partial charge >= 0.3 is 0 Å². The molecule has 0 aromatic carbocycles. The van der Waals surface area contributed by atoms with Crippen LogP contribution in [0.25, 0.3) is 0 Å². The van der Waals surface area contributed by atoms with E-state index in [4.69, 9.17) is 0 Å². The average Bonchev–Trinajstić information content (AvgIpc) is 2.81. The zero-order chi connectivity index (χ0) is 13.0. The molecule has 4 atom stereocenters. The number of hydrogen-bond acceptors (Lipinski definition) is 3. The van der Waals surface area contributed by atoms with E-state index in [2.05, 4.69) is 17.2 Å². The molecule has 4 nitrogen and oxygen atoms in total. The summed E-state index contributed by atoms with van der Waals surface area (Å²) in [4.78, 5) is 16.5. The van der Waals surface area contributed by atoms with Gasteiger partial charge in [0, 0.05) is 25.0 Å². The number of nitrogens with one attached hydrogen (secondary N) is 1. The van der Waals surface area contributed by atoms with Crippen LogP contribution in [0.4, 0.5) is 5.82 Å². The molecule has 1 N–H and O–H groups in total. The first-order valence-corrected chi connectivity index (χ1v) is 7.61. The molecule has 4 heteroatoms. The fraction of sp³-hybridized carbons (Fsp3) is 0.733. The Kier molecular flexibility index (Phi) is 2.47. The summed E-state index contributed by atoms with van der Waals surface area (Å²) < 4.78 is 1.77. The van der Waals surface area contributed by atoms with Gasteiger partial charge in [0.1, 0.15) is 0 Å². The average molecular weight is 259 g/mol. The molecule has 0 spiro atoms. The Balaban J connectivity index is 1.53. The molecule has 1 aromatic heterocycles. The number of rotatable bonds is 4. The summed E-state index contributed by atoms with van der Waals surface area (Å²) in [5, 5.41) is 3.44. The second-order valence-electron chi connectivity index (χ2n) is 6.43. The second kappa shape index (κ2) is 4.09. The lowest BCUT2D eigenvalue weighted by Crippen LogP contribution is -2.26. The quantitative estimate of drug-likeness (QED) is 0.901. The standard InChI is InChI=1S/C15H21N3O/c1-2-6-18-7-5-16-14(15(18)19)17-13-11-9-3-4-10(8-9)12(11)13/h5,7,9-13H,2-4,6,8H2,1H3,(H,16,17). The molecule has 0 saturated heterocycles. The van der Waals surface area contributed by atoms with Crippen molar-refractivity contribution in [2.75, 3.05) is 5.32 Å². The second-order valence-corrected chi connectivity index (χ2v) is 6.43. The third-order valence-electron chi connectivity index (χ3n) is 5.42. The minimum absolute atomic E-state index is 0.0432. The van der Waals surface area contributed by atoms with Gasteiger partial charge in [0.25, 0.3) is 5.56 Å². The van der Waals surface area contributed by atoms with Crippen LogP contribution in [0.15, 0.2) is 17.2 Å². The number of nitrogens with zero attached hydrogens (tertiary/aromatic N) is 2. The Hall–Kier alpha value is -1.32. The Morgan fingerprint density at radius 3 is 2.79 bits per heavy atom. The predicted molar refractivity (Wildman–Crippen MR) is 74.0 cm³/mol. The normalized spacial score (nSPS) is 38.3. The number of anilines is 1. The summed E-state index contributed by atoms with van der Waals surface area (Å²) >= 11 is 0. The monoisotopic (exact) mass is 259 g/mol. The largest absolute Gasteiger partial charge is 0.362 e. The molecule has 4 rings (SSSR count). The van der Waals surface area contributed by atoms with E-state index >= 15 is 0 Å². The van der Waals surface area contributed by atoms with E-state index in [9.17, 15) is 4.79 Å². The van der Waals surface area contributed by atoms with E-state index < -0.39 is 0 Å². The van der Waals surface area contributed by atoms with E-state index in [-0.39, 0.29) is 5.56 Å². The minimum Gasteiger partial charge on any atom is -0.362 e. The van der Waals surface area contributed by atoms with Crippen molar-refractivity contribution in [1.82, 2.24) is 9.55 Å². The van der Waals surface area contributed by atoms with Gasteiger partial charge in [-0.05, 0) is 49.4 Å². The number of aromatic nitrogens is 2. The SMILES string of the molecule is CCCn1ccnc(NC2C3C4CCC(C4)C23)c1=O. The summed E-state index contributed by atoms with van der Waals surface area (Å²) in [5.74, 6) is 4.08. The van der Waals surface area contributed by atoms with Crippen LogP contribution in [0.5, 0.6) is 0 Å². The van der Waals surface area contributed by atoms with Crippen molar-refractivity contribution in [2.24, 2.45) is 23.7 Å². The molecule has 3 fully saturated rings. The summed E-state index contributed by atoms with van der Waals surface area (Å²) in [6.45, 7) is 2.86.